The second-order valence-corrected chi connectivity index (χ2v) is 3.86. The van der Waals surface area contributed by atoms with E-state index >= 15 is 0 Å². The Hall–Kier alpha value is -2.13. The maximum atomic E-state index is 11.2. The monoisotopic (exact) mass is 242 g/mol. The first-order valence-corrected chi connectivity index (χ1v) is 5.63. The molecule has 0 amide bonds. The molecule has 3 heteroatoms. The predicted molar refractivity (Wildman–Crippen MR) is 69.7 cm³/mol. The molecule has 0 atom stereocenters. The van der Waals surface area contributed by atoms with Gasteiger partial charge in [0.2, 0.25) is 0 Å². The Morgan fingerprint density at radius 2 is 1.94 bits per heavy atom. The van der Waals surface area contributed by atoms with Crippen molar-refractivity contribution in [3.05, 3.63) is 53.6 Å². The van der Waals surface area contributed by atoms with Crippen molar-refractivity contribution in [1.29, 1.82) is 0 Å². The Morgan fingerprint density at radius 1 is 1.17 bits per heavy atom. The Kier molecular flexibility index (Phi) is 3.75. The number of benzene rings is 2. The first-order chi connectivity index (χ1) is 8.81. The topological polar surface area (TPSA) is 46.5 Å². The molecule has 2 aromatic rings. The minimum atomic E-state index is -0.0769. The van der Waals surface area contributed by atoms with Crippen molar-refractivity contribution in [2.24, 2.45) is 0 Å². The molecule has 0 aromatic heterocycles. The summed E-state index contributed by atoms with van der Waals surface area (Å²) in [5.74, 6) is 0.625. The van der Waals surface area contributed by atoms with E-state index in [4.69, 9.17) is 4.74 Å². The van der Waals surface area contributed by atoms with Crippen LogP contribution in [0, 0.1) is 0 Å². The SMILES string of the molecule is COc1cccc(C=O)c1-c1ccccc1CO. The third-order valence-corrected chi connectivity index (χ3v) is 2.86. The molecule has 3 nitrogen and oxygen atoms in total. The zero-order valence-electron chi connectivity index (χ0n) is 10.1. The van der Waals surface area contributed by atoms with E-state index in [9.17, 15) is 9.90 Å². The summed E-state index contributed by atoms with van der Waals surface area (Å²) in [4.78, 5) is 11.2. The van der Waals surface area contributed by atoms with Crippen LogP contribution < -0.4 is 4.74 Å². The standard InChI is InChI=1S/C15H14O3/c1-18-14-8-4-6-12(10-17)15(14)13-7-3-2-5-11(13)9-16/h2-8,10,16H,9H2,1H3. The van der Waals surface area contributed by atoms with Gasteiger partial charge in [0.05, 0.1) is 13.7 Å². The van der Waals surface area contributed by atoms with Gasteiger partial charge in [-0.05, 0) is 17.2 Å². The van der Waals surface area contributed by atoms with Crippen LogP contribution in [-0.4, -0.2) is 18.5 Å². The zero-order valence-corrected chi connectivity index (χ0v) is 10.1. The maximum absolute atomic E-state index is 11.2. The predicted octanol–water partition coefficient (Wildman–Crippen LogP) is 2.67. The molecule has 0 radical (unpaired) electrons. The average Bonchev–Trinajstić information content (AvgIpc) is 2.46. The van der Waals surface area contributed by atoms with Crippen molar-refractivity contribution in [1.82, 2.24) is 0 Å². The summed E-state index contributed by atoms with van der Waals surface area (Å²) in [5.41, 5.74) is 2.86. The molecule has 92 valence electrons. The fourth-order valence-electron chi connectivity index (χ4n) is 2.01. The highest BCUT2D eigenvalue weighted by Crippen LogP contribution is 2.34. The van der Waals surface area contributed by atoms with E-state index in [-0.39, 0.29) is 6.61 Å². The molecular formula is C15H14O3. The van der Waals surface area contributed by atoms with Crippen molar-refractivity contribution in [3.8, 4) is 16.9 Å². The fraction of sp³-hybridized carbons (Fsp3) is 0.133. The normalized spacial score (nSPS) is 10.1. The van der Waals surface area contributed by atoms with Gasteiger partial charge >= 0.3 is 0 Å². The molecular weight excluding hydrogens is 228 g/mol. The smallest absolute Gasteiger partial charge is 0.150 e. The molecule has 1 N–H and O–H groups in total. The molecule has 0 spiro atoms. The molecule has 0 unspecified atom stereocenters. The lowest BCUT2D eigenvalue weighted by Gasteiger charge is -2.13. The van der Waals surface area contributed by atoms with Gasteiger partial charge in [-0.25, -0.2) is 0 Å². The summed E-state index contributed by atoms with van der Waals surface area (Å²) in [5, 5.41) is 9.38. The average molecular weight is 242 g/mol. The second kappa shape index (κ2) is 5.47. The highest BCUT2D eigenvalue weighted by atomic mass is 16.5. The maximum Gasteiger partial charge on any atom is 0.150 e. The van der Waals surface area contributed by atoms with Gasteiger partial charge in [0.15, 0.2) is 6.29 Å². The molecule has 18 heavy (non-hydrogen) atoms. The Morgan fingerprint density at radius 3 is 2.61 bits per heavy atom. The molecule has 0 fully saturated rings. The zero-order chi connectivity index (χ0) is 13.0. The number of carbonyl (C=O) groups is 1. The number of aliphatic hydroxyl groups is 1. The lowest BCUT2D eigenvalue weighted by atomic mass is 9.95. The van der Waals surface area contributed by atoms with E-state index in [0.29, 0.717) is 11.3 Å². The lowest BCUT2D eigenvalue weighted by Crippen LogP contribution is -1.96. The molecule has 2 rings (SSSR count). The largest absolute Gasteiger partial charge is 0.496 e. The second-order valence-electron chi connectivity index (χ2n) is 3.86. The summed E-state index contributed by atoms with van der Waals surface area (Å²) in [6.07, 6.45) is 0.798. The summed E-state index contributed by atoms with van der Waals surface area (Å²) in [6, 6.07) is 12.7. The highest BCUT2D eigenvalue weighted by molar-refractivity contribution is 5.91. The first kappa shape index (κ1) is 12.3. The summed E-state index contributed by atoms with van der Waals surface area (Å²) >= 11 is 0. The van der Waals surface area contributed by atoms with E-state index < -0.39 is 0 Å². The van der Waals surface area contributed by atoms with Crippen LogP contribution in [0.15, 0.2) is 42.5 Å². The molecule has 0 aliphatic carbocycles. The van der Waals surface area contributed by atoms with Crippen molar-refractivity contribution in [2.45, 2.75) is 6.61 Å². The number of methoxy groups -OCH3 is 1. The fourth-order valence-corrected chi connectivity index (χ4v) is 2.01. The van der Waals surface area contributed by atoms with E-state index in [2.05, 4.69) is 0 Å². The number of hydrogen-bond acceptors (Lipinski definition) is 3. The van der Waals surface area contributed by atoms with Gasteiger partial charge in [-0.2, -0.15) is 0 Å². The third-order valence-electron chi connectivity index (χ3n) is 2.86. The van der Waals surface area contributed by atoms with Crippen molar-refractivity contribution in [3.63, 3.8) is 0 Å². The molecule has 0 bridgehead atoms. The van der Waals surface area contributed by atoms with Crippen LogP contribution in [0.5, 0.6) is 5.75 Å². The summed E-state index contributed by atoms with van der Waals surface area (Å²) in [7, 11) is 1.56. The van der Waals surface area contributed by atoms with Gasteiger partial charge in [-0.3, -0.25) is 4.79 Å². The van der Waals surface area contributed by atoms with Crippen LogP contribution in [-0.2, 0) is 6.61 Å². The van der Waals surface area contributed by atoms with Crippen molar-refractivity contribution >= 4 is 6.29 Å². The number of aldehydes is 1. The van der Waals surface area contributed by atoms with Gasteiger partial charge in [-0.1, -0.05) is 36.4 Å². The van der Waals surface area contributed by atoms with Gasteiger partial charge in [-0.15, -0.1) is 0 Å². The van der Waals surface area contributed by atoms with Crippen LogP contribution in [0.4, 0.5) is 0 Å². The number of aliphatic hydroxyl groups excluding tert-OH is 1. The van der Waals surface area contributed by atoms with Gasteiger partial charge in [0, 0.05) is 11.1 Å². The van der Waals surface area contributed by atoms with Crippen molar-refractivity contribution < 1.29 is 14.6 Å². The van der Waals surface area contributed by atoms with Gasteiger partial charge in [0.1, 0.15) is 5.75 Å². The third kappa shape index (κ3) is 2.13. The van der Waals surface area contributed by atoms with Crippen LogP contribution in [0.1, 0.15) is 15.9 Å². The minimum Gasteiger partial charge on any atom is -0.496 e. The first-order valence-electron chi connectivity index (χ1n) is 5.63. The Balaban J connectivity index is 2.72. The van der Waals surface area contributed by atoms with Crippen molar-refractivity contribution in [2.75, 3.05) is 7.11 Å². The molecule has 2 aromatic carbocycles. The van der Waals surface area contributed by atoms with Crippen LogP contribution in [0.25, 0.3) is 11.1 Å². The van der Waals surface area contributed by atoms with Crippen LogP contribution >= 0.6 is 0 Å². The quantitative estimate of drug-likeness (QED) is 0.838. The Bertz CT molecular complexity index is 561. The van der Waals surface area contributed by atoms with E-state index in [1.54, 1.807) is 25.3 Å². The molecule has 0 saturated heterocycles. The lowest BCUT2D eigenvalue weighted by molar-refractivity contribution is 0.112. The van der Waals surface area contributed by atoms with E-state index in [1.807, 2.05) is 24.3 Å². The molecule has 0 heterocycles. The van der Waals surface area contributed by atoms with E-state index in [0.717, 1.165) is 23.0 Å². The van der Waals surface area contributed by atoms with Gasteiger partial charge in [0.25, 0.3) is 0 Å². The number of carbonyl (C=O) groups excluding carboxylic acids is 1. The Labute approximate surface area is 106 Å². The number of ether oxygens (including phenoxy) is 1. The van der Waals surface area contributed by atoms with Crippen LogP contribution in [0.2, 0.25) is 0 Å². The van der Waals surface area contributed by atoms with Crippen LogP contribution in [0.3, 0.4) is 0 Å². The molecule has 0 aliphatic rings. The van der Waals surface area contributed by atoms with E-state index in [1.165, 1.54) is 0 Å². The van der Waals surface area contributed by atoms with Gasteiger partial charge < -0.3 is 9.84 Å². The summed E-state index contributed by atoms with van der Waals surface area (Å²) in [6.45, 7) is -0.0769. The minimum absolute atomic E-state index is 0.0769. The summed E-state index contributed by atoms with van der Waals surface area (Å²) < 4.78 is 5.30. The number of hydrogen-bond donors (Lipinski definition) is 1. The number of rotatable bonds is 4. The molecule has 0 saturated carbocycles. The highest BCUT2D eigenvalue weighted by Gasteiger charge is 2.13. The molecule has 0 aliphatic heterocycles.